The first-order valence-corrected chi connectivity index (χ1v) is 8.84. The van der Waals surface area contributed by atoms with Gasteiger partial charge in [0.05, 0.1) is 11.4 Å². The zero-order chi connectivity index (χ0) is 18.2. The number of hydrogen-bond acceptors (Lipinski definition) is 3. The Hall–Kier alpha value is -2.04. The minimum atomic E-state index is -0.0690. The Labute approximate surface area is 154 Å². The quantitative estimate of drug-likeness (QED) is 0.755. The van der Waals surface area contributed by atoms with Crippen LogP contribution < -0.4 is 15.8 Å². The molecular weight excluding hydrogens is 336 g/mol. The number of rotatable bonds is 8. The van der Waals surface area contributed by atoms with Gasteiger partial charge >= 0.3 is 0 Å². The van der Waals surface area contributed by atoms with E-state index < -0.39 is 0 Å². The van der Waals surface area contributed by atoms with E-state index in [4.69, 9.17) is 22.1 Å². The van der Waals surface area contributed by atoms with Gasteiger partial charge in [0, 0.05) is 13.1 Å². The van der Waals surface area contributed by atoms with Crippen LogP contribution in [-0.2, 0) is 17.8 Å². The summed E-state index contributed by atoms with van der Waals surface area (Å²) in [7, 11) is 0. The summed E-state index contributed by atoms with van der Waals surface area (Å²) in [5, 5.41) is 3.24. The lowest BCUT2D eigenvalue weighted by molar-refractivity contribution is -0.120. The second-order valence-electron chi connectivity index (χ2n) is 6.27. The maximum Gasteiger partial charge on any atom is 0.224 e. The van der Waals surface area contributed by atoms with E-state index in [2.05, 4.69) is 43.4 Å². The van der Waals surface area contributed by atoms with Crippen molar-refractivity contribution in [3.05, 3.63) is 64.2 Å². The molecule has 0 aromatic heterocycles. The van der Waals surface area contributed by atoms with Crippen molar-refractivity contribution in [2.75, 3.05) is 13.1 Å². The number of halogens is 1. The molecule has 4 nitrogen and oxygen atoms in total. The third-order valence-electron chi connectivity index (χ3n) is 3.87. The van der Waals surface area contributed by atoms with Crippen LogP contribution in [0.25, 0.3) is 0 Å². The van der Waals surface area contributed by atoms with E-state index in [0.29, 0.717) is 36.4 Å². The first-order valence-electron chi connectivity index (χ1n) is 8.46. The highest BCUT2D eigenvalue weighted by Crippen LogP contribution is 2.26. The number of hydrogen-bond donors (Lipinski definition) is 2. The van der Waals surface area contributed by atoms with Crippen molar-refractivity contribution < 1.29 is 9.53 Å². The molecule has 134 valence electrons. The first-order chi connectivity index (χ1) is 12.0. The highest BCUT2D eigenvalue weighted by atomic mass is 35.5. The minimum absolute atomic E-state index is 0.0690. The van der Waals surface area contributed by atoms with E-state index in [0.717, 1.165) is 11.1 Å². The van der Waals surface area contributed by atoms with Crippen LogP contribution in [0.15, 0.2) is 42.5 Å². The number of nitrogens with two attached hydrogens (primary N) is 1. The van der Waals surface area contributed by atoms with Gasteiger partial charge in [-0.25, -0.2) is 0 Å². The molecule has 0 fully saturated rings. The van der Waals surface area contributed by atoms with E-state index >= 15 is 0 Å². The molecule has 0 atom stereocenters. The monoisotopic (exact) mass is 360 g/mol. The third-order valence-corrected chi connectivity index (χ3v) is 4.16. The predicted molar refractivity (Wildman–Crippen MR) is 102 cm³/mol. The largest absolute Gasteiger partial charge is 0.487 e. The first kappa shape index (κ1) is 19.3. The Kier molecular flexibility index (Phi) is 7.29. The van der Waals surface area contributed by atoms with Gasteiger partial charge in [-0.3, -0.25) is 4.79 Å². The molecule has 0 saturated carbocycles. The molecule has 0 heterocycles. The fraction of sp³-hybridized carbons (Fsp3) is 0.350. The molecule has 0 radical (unpaired) electrons. The van der Waals surface area contributed by atoms with Gasteiger partial charge in [-0.15, -0.1) is 0 Å². The maximum absolute atomic E-state index is 11.7. The second-order valence-corrected chi connectivity index (χ2v) is 6.67. The van der Waals surface area contributed by atoms with Gasteiger partial charge in [0.25, 0.3) is 0 Å². The lowest BCUT2D eigenvalue weighted by Gasteiger charge is -2.11. The van der Waals surface area contributed by atoms with E-state index in [9.17, 15) is 4.79 Å². The van der Waals surface area contributed by atoms with Crippen LogP contribution in [0.5, 0.6) is 5.75 Å². The summed E-state index contributed by atoms with van der Waals surface area (Å²) in [6.45, 7) is 5.70. The topological polar surface area (TPSA) is 64.3 Å². The number of carbonyl (C=O) groups is 1. The van der Waals surface area contributed by atoms with Crippen molar-refractivity contribution in [1.29, 1.82) is 0 Å². The molecule has 25 heavy (non-hydrogen) atoms. The van der Waals surface area contributed by atoms with E-state index in [-0.39, 0.29) is 12.3 Å². The normalized spacial score (nSPS) is 10.8. The predicted octanol–water partition coefficient (Wildman–Crippen LogP) is 3.66. The molecule has 2 rings (SSSR count). The highest BCUT2D eigenvalue weighted by Gasteiger charge is 2.07. The molecule has 0 bridgehead atoms. The van der Waals surface area contributed by atoms with E-state index in [1.165, 1.54) is 5.56 Å². The van der Waals surface area contributed by atoms with Gasteiger partial charge in [-0.2, -0.15) is 0 Å². The Morgan fingerprint density at radius 1 is 1.16 bits per heavy atom. The summed E-state index contributed by atoms with van der Waals surface area (Å²) >= 11 is 6.27. The van der Waals surface area contributed by atoms with Crippen LogP contribution in [0.4, 0.5) is 0 Å². The standard InChI is InChI=1S/C20H25ClN2O2/c1-14(2)17-6-3-15(4-7-17)13-25-19-8-5-16(11-18(19)21)12-20(24)23-10-9-22/h3-8,11,14H,9-10,12-13,22H2,1-2H3,(H,23,24). The Morgan fingerprint density at radius 3 is 2.44 bits per heavy atom. The Morgan fingerprint density at radius 2 is 1.84 bits per heavy atom. The summed E-state index contributed by atoms with van der Waals surface area (Å²) in [4.78, 5) is 11.7. The van der Waals surface area contributed by atoms with Gasteiger partial charge in [0.2, 0.25) is 5.91 Å². The zero-order valence-corrected chi connectivity index (χ0v) is 15.5. The highest BCUT2D eigenvalue weighted by molar-refractivity contribution is 6.32. The lowest BCUT2D eigenvalue weighted by Crippen LogP contribution is -2.30. The fourth-order valence-corrected chi connectivity index (χ4v) is 2.65. The van der Waals surface area contributed by atoms with Gasteiger partial charge in [0.1, 0.15) is 12.4 Å². The van der Waals surface area contributed by atoms with Crippen molar-refractivity contribution in [3.8, 4) is 5.75 Å². The van der Waals surface area contributed by atoms with Crippen LogP contribution >= 0.6 is 11.6 Å². The summed E-state index contributed by atoms with van der Waals surface area (Å²) in [5.74, 6) is 1.06. The van der Waals surface area contributed by atoms with E-state index in [1.54, 1.807) is 12.1 Å². The van der Waals surface area contributed by atoms with Crippen LogP contribution in [0.3, 0.4) is 0 Å². The molecule has 0 unspecified atom stereocenters. The number of amides is 1. The van der Waals surface area contributed by atoms with Crippen molar-refractivity contribution in [2.24, 2.45) is 5.73 Å². The minimum Gasteiger partial charge on any atom is -0.487 e. The number of nitrogens with one attached hydrogen (secondary N) is 1. The Balaban J connectivity index is 1.93. The molecule has 2 aromatic rings. The molecule has 5 heteroatoms. The summed E-state index contributed by atoms with van der Waals surface area (Å²) in [5.41, 5.74) is 8.60. The van der Waals surface area contributed by atoms with Gasteiger partial charge in [-0.1, -0.05) is 55.8 Å². The summed E-state index contributed by atoms with van der Waals surface area (Å²) in [6, 6.07) is 13.8. The summed E-state index contributed by atoms with van der Waals surface area (Å²) in [6.07, 6.45) is 0.274. The van der Waals surface area contributed by atoms with Crippen LogP contribution in [-0.4, -0.2) is 19.0 Å². The van der Waals surface area contributed by atoms with Crippen molar-refractivity contribution >= 4 is 17.5 Å². The maximum atomic E-state index is 11.7. The molecule has 1 amide bonds. The van der Waals surface area contributed by atoms with Gasteiger partial charge < -0.3 is 15.8 Å². The van der Waals surface area contributed by atoms with Crippen LogP contribution in [0.1, 0.15) is 36.5 Å². The van der Waals surface area contributed by atoms with Crippen molar-refractivity contribution in [1.82, 2.24) is 5.32 Å². The number of ether oxygens (including phenoxy) is 1. The molecule has 3 N–H and O–H groups in total. The molecular formula is C20H25ClN2O2. The average Bonchev–Trinajstić information content (AvgIpc) is 2.59. The molecule has 0 saturated heterocycles. The van der Waals surface area contributed by atoms with Crippen LogP contribution in [0.2, 0.25) is 5.02 Å². The van der Waals surface area contributed by atoms with E-state index in [1.807, 2.05) is 6.07 Å². The van der Waals surface area contributed by atoms with Gasteiger partial charge in [-0.05, 0) is 34.7 Å². The molecule has 0 aliphatic carbocycles. The van der Waals surface area contributed by atoms with Gasteiger partial charge in [0.15, 0.2) is 0 Å². The SMILES string of the molecule is CC(C)c1ccc(COc2ccc(CC(=O)NCCN)cc2Cl)cc1. The summed E-state index contributed by atoms with van der Waals surface area (Å²) < 4.78 is 5.80. The average molecular weight is 361 g/mol. The number of benzene rings is 2. The Bertz CT molecular complexity index is 699. The molecule has 0 aliphatic rings. The van der Waals surface area contributed by atoms with Crippen molar-refractivity contribution in [2.45, 2.75) is 32.8 Å². The molecule has 0 spiro atoms. The second kappa shape index (κ2) is 9.44. The zero-order valence-electron chi connectivity index (χ0n) is 14.7. The van der Waals surface area contributed by atoms with Crippen LogP contribution in [0, 0.1) is 0 Å². The molecule has 0 aliphatic heterocycles. The molecule has 2 aromatic carbocycles. The lowest BCUT2D eigenvalue weighted by atomic mass is 10.0. The number of carbonyl (C=O) groups excluding carboxylic acids is 1. The third kappa shape index (κ3) is 6.07. The fourth-order valence-electron chi connectivity index (χ4n) is 2.39. The van der Waals surface area contributed by atoms with Crippen molar-refractivity contribution in [3.63, 3.8) is 0 Å². The smallest absolute Gasteiger partial charge is 0.224 e.